The van der Waals surface area contributed by atoms with E-state index in [1.54, 1.807) is 38.1 Å². The number of para-hydroxylation sites is 1. The molecule has 2 amide bonds. The number of esters is 1. The van der Waals surface area contributed by atoms with Crippen molar-refractivity contribution in [3.63, 3.8) is 0 Å². The summed E-state index contributed by atoms with van der Waals surface area (Å²) in [5.74, 6) is -0.552. The first-order valence-corrected chi connectivity index (χ1v) is 8.58. The van der Waals surface area contributed by atoms with E-state index >= 15 is 0 Å². The Balaban J connectivity index is 1.98. The second-order valence-electron chi connectivity index (χ2n) is 6.09. The Labute approximate surface area is 162 Å². The zero-order valence-corrected chi connectivity index (χ0v) is 16.3. The molecule has 1 N–H and O–H groups in total. The highest BCUT2D eigenvalue weighted by molar-refractivity contribution is 5.94. The van der Waals surface area contributed by atoms with E-state index in [1.165, 1.54) is 19.0 Å². The summed E-state index contributed by atoms with van der Waals surface area (Å²) in [5.41, 5.74) is 1.70. The minimum atomic E-state index is -0.698. The summed E-state index contributed by atoms with van der Waals surface area (Å²) in [4.78, 5) is 36.9. The molecule has 0 spiro atoms. The van der Waals surface area contributed by atoms with Gasteiger partial charge in [-0.25, -0.2) is 4.79 Å². The molecule has 0 saturated heterocycles. The molecular formula is C19H23N3O6. The number of amides is 2. The van der Waals surface area contributed by atoms with Crippen LogP contribution in [0, 0.1) is 13.8 Å². The van der Waals surface area contributed by atoms with Crippen molar-refractivity contribution in [3.8, 4) is 5.75 Å². The standard InChI is InChI=1S/C19H23N3O6/c1-12-15(13(2)28-21-12)10-26-16-8-6-5-7-14(16)19(25)27-11-18(24)22(4)9-17(23)20-3/h5-8H,9-11H2,1-4H3,(H,20,23). The van der Waals surface area contributed by atoms with Gasteiger partial charge in [-0.3, -0.25) is 9.59 Å². The molecule has 9 heteroatoms. The van der Waals surface area contributed by atoms with E-state index in [0.29, 0.717) is 17.2 Å². The fourth-order valence-corrected chi connectivity index (χ4v) is 2.32. The van der Waals surface area contributed by atoms with Crippen LogP contribution >= 0.6 is 0 Å². The Kier molecular flexibility index (Phi) is 7.14. The summed E-state index contributed by atoms with van der Waals surface area (Å²) in [7, 11) is 2.92. The van der Waals surface area contributed by atoms with Crippen molar-refractivity contribution in [2.45, 2.75) is 20.5 Å². The Morgan fingerprint density at radius 3 is 2.57 bits per heavy atom. The number of aromatic nitrogens is 1. The average Bonchev–Trinajstić information content (AvgIpc) is 3.01. The predicted octanol–water partition coefficient (Wildman–Crippen LogP) is 1.23. The highest BCUT2D eigenvalue weighted by Crippen LogP contribution is 2.22. The summed E-state index contributed by atoms with van der Waals surface area (Å²) >= 11 is 0. The number of hydrogen-bond acceptors (Lipinski definition) is 7. The molecule has 0 radical (unpaired) electrons. The lowest BCUT2D eigenvalue weighted by molar-refractivity contribution is -0.137. The SMILES string of the molecule is CNC(=O)CN(C)C(=O)COC(=O)c1ccccc1OCc1c(C)noc1C. The van der Waals surface area contributed by atoms with Gasteiger partial charge in [-0.1, -0.05) is 17.3 Å². The third-order valence-corrected chi connectivity index (χ3v) is 4.07. The minimum absolute atomic E-state index is 0.121. The molecule has 0 atom stereocenters. The van der Waals surface area contributed by atoms with Crippen LogP contribution in [-0.2, 0) is 20.9 Å². The Morgan fingerprint density at radius 2 is 1.93 bits per heavy atom. The van der Waals surface area contributed by atoms with Gasteiger partial charge < -0.3 is 24.2 Å². The number of nitrogens with zero attached hydrogens (tertiary/aromatic N) is 2. The van der Waals surface area contributed by atoms with E-state index < -0.39 is 18.5 Å². The normalized spacial score (nSPS) is 10.3. The van der Waals surface area contributed by atoms with Crippen molar-refractivity contribution in [2.24, 2.45) is 0 Å². The number of carbonyl (C=O) groups is 3. The third kappa shape index (κ3) is 5.32. The lowest BCUT2D eigenvalue weighted by Gasteiger charge is -2.16. The number of carbonyl (C=O) groups excluding carboxylic acids is 3. The second-order valence-corrected chi connectivity index (χ2v) is 6.09. The Bertz CT molecular complexity index is 842. The lowest BCUT2D eigenvalue weighted by Crippen LogP contribution is -2.39. The number of hydrogen-bond donors (Lipinski definition) is 1. The molecule has 0 bridgehead atoms. The average molecular weight is 389 g/mol. The van der Waals surface area contributed by atoms with E-state index in [0.717, 1.165) is 5.56 Å². The van der Waals surface area contributed by atoms with Gasteiger partial charge in [-0.15, -0.1) is 0 Å². The zero-order chi connectivity index (χ0) is 20.7. The quantitative estimate of drug-likeness (QED) is 0.676. The molecule has 2 rings (SSSR count). The predicted molar refractivity (Wildman–Crippen MR) is 98.7 cm³/mol. The molecule has 150 valence electrons. The maximum absolute atomic E-state index is 12.4. The first-order valence-electron chi connectivity index (χ1n) is 8.58. The summed E-state index contributed by atoms with van der Waals surface area (Å²) in [6.45, 7) is 3.16. The molecule has 0 unspecified atom stereocenters. The third-order valence-electron chi connectivity index (χ3n) is 4.07. The molecule has 0 fully saturated rings. The summed E-state index contributed by atoms with van der Waals surface area (Å²) in [6.07, 6.45) is 0. The molecule has 0 aliphatic rings. The first-order chi connectivity index (χ1) is 13.3. The lowest BCUT2D eigenvalue weighted by atomic mass is 10.2. The van der Waals surface area contributed by atoms with Crippen molar-refractivity contribution in [2.75, 3.05) is 27.2 Å². The van der Waals surface area contributed by atoms with Crippen LogP contribution in [-0.4, -0.2) is 55.1 Å². The molecular weight excluding hydrogens is 366 g/mol. The second kappa shape index (κ2) is 9.54. The molecule has 9 nitrogen and oxygen atoms in total. The first kappa shape index (κ1) is 20.9. The van der Waals surface area contributed by atoms with Gasteiger partial charge in [0.15, 0.2) is 6.61 Å². The molecule has 2 aromatic rings. The van der Waals surface area contributed by atoms with Crippen LogP contribution in [0.2, 0.25) is 0 Å². The van der Waals surface area contributed by atoms with Gasteiger partial charge in [-0.2, -0.15) is 0 Å². The van der Waals surface area contributed by atoms with Crippen LogP contribution in [0.15, 0.2) is 28.8 Å². The van der Waals surface area contributed by atoms with Crippen molar-refractivity contribution < 1.29 is 28.4 Å². The topological polar surface area (TPSA) is 111 Å². The van der Waals surface area contributed by atoms with Crippen LogP contribution in [0.3, 0.4) is 0 Å². The molecule has 1 aromatic heterocycles. The number of rotatable bonds is 8. The van der Waals surface area contributed by atoms with Gasteiger partial charge in [0.1, 0.15) is 23.7 Å². The van der Waals surface area contributed by atoms with Crippen molar-refractivity contribution in [3.05, 3.63) is 46.8 Å². The monoisotopic (exact) mass is 389 g/mol. The summed E-state index contributed by atoms with van der Waals surface area (Å²) in [6, 6.07) is 6.57. The Morgan fingerprint density at radius 1 is 1.21 bits per heavy atom. The number of ether oxygens (including phenoxy) is 2. The van der Waals surface area contributed by atoms with Crippen LogP contribution in [0.5, 0.6) is 5.75 Å². The number of aryl methyl sites for hydroxylation is 2. The summed E-state index contributed by atoms with van der Waals surface area (Å²) < 4.78 is 15.9. The van der Waals surface area contributed by atoms with E-state index in [4.69, 9.17) is 14.0 Å². The molecule has 1 heterocycles. The number of benzene rings is 1. The smallest absolute Gasteiger partial charge is 0.342 e. The zero-order valence-electron chi connectivity index (χ0n) is 16.3. The van der Waals surface area contributed by atoms with Gasteiger partial charge in [0.05, 0.1) is 17.8 Å². The largest absolute Gasteiger partial charge is 0.488 e. The van der Waals surface area contributed by atoms with Crippen LogP contribution < -0.4 is 10.1 Å². The van der Waals surface area contributed by atoms with Crippen molar-refractivity contribution >= 4 is 17.8 Å². The van der Waals surface area contributed by atoms with Gasteiger partial charge in [0.25, 0.3) is 5.91 Å². The Hall–Kier alpha value is -3.36. The van der Waals surface area contributed by atoms with Gasteiger partial charge in [0.2, 0.25) is 5.91 Å². The van der Waals surface area contributed by atoms with E-state index in [1.807, 2.05) is 0 Å². The van der Waals surface area contributed by atoms with Crippen molar-refractivity contribution in [1.82, 2.24) is 15.4 Å². The maximum Gasteiger partial charge on any atom is 0.342 e. The van der Waals surface area contributed by atoms with E-state index in [-0.39, 0.29) is 24.6 Å². The van der Waals surface area contributed by atoms with E-state index in [9.17, 15) is 14.4 Å². The van der Waals surface area contributed by atoms with Crippen LogP contribution in [0.1, 0.15) is 27.4 Å². The molecule has 0 aliphatic carbocycles. The highest BCUT2D eigenvalue weighted by atomic mass is 16.5. The minimum Gasteiger partial charge on any atom is -0.488 e. The van der Waals surface area contributed by atoms with Crippen LogP contribution in [0.25, 0.3) is 0 Å². The summed E-state index contributed by atoms with van der Waals surface area (Å²) in [5, 5.41) is 6.27. The fourth-order valence-electron chi connectivity index (χ4n) is 2.32. The van der Waals surface area contributed by atoms with Gasteiger partial charge >= 0.3 is 5.97 Å². The van der Waals surface area contributed by atoms with Crippen LogP contribution in [0.4, 0.5) is 0 Å². The number of nitrogens with one attached hydrogen (secondary N) is 1. The fraction of sp³-hybridized carbons (Fsp3) is 0.368. The molecule has 0 saturated carbocycles. The maximum atomic E-state index is 12.4. The van der Waals surface area contributed by atoms with Gasteiger partial charge in [0, 0.05) is 14.1 Å². The van der Waals surface area contributed by atoms with E-state index in [2.05, 4.69) is 10.5 Å². The molecule has 0 aliphatic heterocycles. The number of likely N-dealkylation sites (N-methyl/N-ethyl adjacent to an activating group) is 2. The van der Waals surface area contributed by atoms with Gasteiger partial charge in [-0.05, 0) is 26.0 Å². The molecule has 28 heavy (non-hydrogen) atoms. The van der Waals surface area contributed by atoms with Crippen molar-refractivity contribution in [1.29, 1.82) is 0 Å². The highest BCUT2D eigenvalue weighted by Gasteiger charge is 2.19. The molecule has 1 aromatic carbocycles.